The maximum absolute atomic E-state index is 10.0. The molecule has 134 valence electrons. The molecule has 0 amide bonds. The summed E-state index contributed by atoms with van der Waals surface area (Å²) in [7, 11) is 0. The number of hydrogen-bond acceptors (Lipinski definition) is 5. The molecule has 1 aromatic heterocycles. The Morgan fingerprint density at radius 2 is 2.04 bits per heavy atom. The molecule has 2 fully saturated rings. The van der Waals surface area contributed by atoms with E-state index in [0.29, 0.717) is 12.5 Å². The van der Waals surface area contributed by atoms with Crippen molar-refractivity contribution in [1.82, 2.24) is 9.97 Å². The van der Waals surface area contributed by atoms with Crippen LogP contribution in [0.1, 0.15) is 51.0 Å². The summed E-state index contributed by atoms with van der Waals surface area (Å²) in [5.74, 6) is 1.51. The molecule has 1 unspecified atom stereocenters. The summed E-state index contributed by atoms with van der Waals surface area (Å²) in [6, 6.07) is 6.49. The lowest BCUT2D eigenvalue weighted by molar-refractivity contribution is -0.128. The van der Waals surface area contributed by atoms with Crippen LogP contribution < -0.4 is 4.90 Å². The van der Waals surface area contributed by atoms with E-state index in [1.807, 2.05) is 0 Å². The Labute approximate surface area is 149 Å². The van der Waals surface area contributed by atoms with Crippen molar-refractivity contribution in [3.63, 3.8) is 0 Å². The highest BCUT2D eigenvalue weighted by Gasteiger charge is 2.40. The molecule has 0 radical (unpaired) electrons. The fourth-order valence-electron chi connectivity index (χ4n) is 4.15. The van der Waals surface area contributed by atoms with Crippen LogP contribution in [-0.4, -0.2) is 46.5 Å². The van der Waals surface area contributed by atoms with Crippen LogP contribution in [0.3, 0.4) is 0 Å². The van der Waals surface area contributed by atoms with Gasteiger partial charge < -0.3 is 14.7 Å². The molecule has 0 aliphatic carbocycles. The molecule has 2 saturated heterocycles. The lowest BCUT2D eigenvalue weighted by Gasteiger charge is -2.45. The fraction of sp³-hybridized carbons (Fsp3) is 0.600. The number of piperidine rings is 1. The largest absolute Gasteiger partial charge is 0.393 e. The van der Waals surface area contributed by atoms with E-state index >= 15 is 0 Å². The minimum Gasteiger partial charge on any atom is -0.393 e. The van der Waals surface area contributed by atoms with Crippen molar-refractivity contribution in [2.45, 2.75) is 57.2 Å². The third-order valence-corrected chi connectivity index (χ3v) is 5.75. The summed E-state index contributed by atoms with van der Waals surface area (Å²) in [5.41, 5.74) is 2.18. The molecule has 2 aliphatic heterocycles. The van der Waals surface area contributed by atoms with E-state index in [1.54, 1.807) is 6.33 Å². The van der Waals surface area contributed by atoms with Crippen LogP contribution in [0.4, 0.5) is 5.82 Å². The normalized spacial score (nSPS) is 23.5. The molecule has 1 atom stereocenters. The number of ether oxygens (including phenoxy) is 1. The number of anilines is 1. The van der Waals surface area contributed by atoms with Crippen LogP contribution >= 0.6 is 0 Å². The standard InChI is InChI=1S/C20H27N3O2/c1-14(2)15-3-4-18-17(11-15)19(22-13-21-18)23-8-6-20(7-9-23)12-16(24)5-10-25-20/h3-4,11,13-14,16,24H,5-10,12H2,1-2H3. The van der Waals surface area contributed by atoms with Gasteiger partial charge in [0.15, 0.2) is 0 Å². The zero-order chi connectivity index (χ0) is 17.4. The van der Waals surface area contributed by atoms with Crippen molar-refractivity contribution in [1.29, 1.82) is 0 Å². The van der Waals surface area contributed by atoms with Crippen molar-refractivity contribution >= 4 is 16.7 Å². The molecular weight excluding hydrogens is 314 g/mol. The maximum Gasteiger partial charge on any atom is 0.139 e. The highest BCUT2D eigenvalue weighted by Crippen LogP contribution is 2.37. The zero-order valence-corrected chi connectivity index (χ0v) is 15.1. The number of hydrogen-bond donors (Lipinski definition) is 1. The molecule has 1 aromatic carbocycles. The summed E-state index contributed by atoms with van der Waals surface area (Å²) in [4.78, 5) is 11.4. The van der Waals surface area contributed by atoms with E-state index < -0.39 is 0 Å². The first kappa shape index (κ1) is 16.7. The first-order valence-electron chi connectivity index (χ1n) is 9.38. The number of aromatic nitrogens is 2. The summed E-state index contributed by atoms with van der Waals surface area (Å²) < 4.78 is 6.08. The summed E-state index contributed by atoms with van der Waals surface area (Å²) in [6.45, 7) is 6.91. The van der Waals surface area contributed by atoms with Crippen LogP contribution in [0.5, 0.6) is 0 Å². The second-order valence-corrected chi connectivity index (χ2v) is 7.79. The Kier molecular flexibility index (Phi) is 4.38. The molecule has 5 heteroatoms. The van der Waals surface area contributed by atoms with Gasteiger partial charge in [-0.1, -0.05) is 19.9 Å². The smallest absolute Gasteiger partial charge is 0.139 e. The minimum atomic E-state index is -0.214. The summed E-state index contributed by atoms with van der Waals surface area (Å²) >= 11 is 0. The van der Waals surface area contributed by atoms with Gasteiger partial charge in [-0.05, 0) is 42.9 Å². The van der Waals surface area contributed by atoms with E-state index in [1.165, 1.54) is 5.56 Å². The first-order chi connectivity index (χ1) is 12.1. The lowest BCUT2D eigenvalue weighted by Crippen LogP contribution is -2.50. The van der Waals surface area contributed by atoms with Gasteiger partial charge in [0.25, 0.3) is 0 Å². The second-order valence-electron chi connectivity index (χ2n) is 7.79. The third kappa shape index (κ3) is 3.23. The number of aliphatic hydroxyl groups excluding tert-OH is 1. The maximum atomic E-state index is 10.0. The summed E-state index contributed by atoms with van der Waals surface area (Å²) in [6.07, 6.45) is 4.87. The minimum absolute atomic E-state index is 0.139. The van der Waals surface area contributed by atoms with Crippen LogP contribution in [-0.2, 0) is 4.74 Å². The predicted octanol–water partition coefficient (Wildman–Crippen LogP) is 3.26. The van der Waals surface area contributed by atoms with Gasteiger partial charge in [0.1, 0.15) is 12.1 Å². The Hall–Kier alpha value is -1.72. The Bertz CT molecular complexity index is 754. The van der Waals surface area contributed by atoms with Crippen LogP contribution in [0.15, 0.2) is 24.5 Å². The van der Waals surface area contributed by atoms with Gasteiger partial charge in [0.2, 0.25) is 0 Å². The number of benzene rings is 1. The van der Waals surface area contributed by atoms with Crippen molar-refractivity contribution in [3.05, 3.63) is 30.1 Å². The van der Waals surface area contributed by atoms with Crippen molar-refractivity contribution in [3.8, 4) is 0 Å². The van der Waals surface area contributed by atoms with Gasteiger partial charge in [-0.2, -0.15) is 0 Å². The average Bonchev–Trinajstić information content (AvgIpc) is 2.61. The molecule has 2 aliphatic rings. The molecular formula is C20H27N3O2. The van der Waals surface area contributed by atoms with Gasteiger partial charge in [-0.3, -0.25) is 0 Å². The van der Waals surface area contributed by atoms with Gasteiger partial charge in [0, 0.05) is 31.5 Å². The second kappa shape index (κ2) is 6.54. The molecule has 5 nitrogen and oxygen atoms in total. The number of fused-ring (bicyclic) bond motifs is 1. The Morgan fingerprint density at radius 3 is 2.76 bits per heavy atom. The van der Waals surface area contributed by atoms with Crippen molar-refractivity contribution in [2.75, 3.05) is 24.6 Å². The monoisotopic (exact) mass is 341 g/mol. The molecule has 25 heavy (non-hydrogen) atoms. The van der Waals surface area contributed by atoms with Crippen LogP contribution in [0.2, 0.25) is 0 Å². The quantitative estimate of drug-likeness (QED) is 0.908. The van der Waals surface area contributed by atoms with Gasteiger partial charge >= 0.3 is 0 Å². The van der Waals surface area contributed by atoms with Gasteiger partial charge in [-0.25, -0.2) is 9.97 Å². The topological polar surface area (TPSA) is 58.5 Å². The van der Waals surface area contributed by atoms with Gasteiger partial charge in [0.05, 0.1) is 17.2 Å². The molecule has 0 saturated carbocycles. The molecule has 0 bridgehead atoms. The molecule has 2 aromatic rings. The highest BCUT2D eigenvalue weighted by atomic mass is 16.5. The van der Waals surface area contributed by atoms with E-state index in [9.17, 15) is 5.11 Å². The predicted molar refractivity (Wildman–Crippen MR) is 99.0 cm³/mol. The third-order valence-electron chi connectivity index (χ3n) is 5.75. The lowest BCUT2D eigenvalue weighted by atomic mass is 9.83. The number of rotatable bonds is 2. The van der Waals surface area contributed by atoms with Crippen LogP contribution in [0, 0.1) is 0 Å². The molecule has 3 heterocycles. The van der Waals surface area contributed by atoms with Crippen molar-refractivity contribution in [2.24, 2.45) is 0 Å². The SMILES string of the molecule is CC(C)c1ccc2ncnc(N3CCC4(CC3)CC(O)CCO4)c2c1. The molecule has 1 spiro atoms. The highest BCUT2D eigenvalue weighted by molar-refractivity contribution is 5.90. The number of aliphatic hydroxyl groups is 1. The molecule has 1 N–H and O–H groups in total. The summed E-state index contributed by atoms with van der Waals surface area (Å²) in [5, 5.41) is 11.2. The van der Waals surface area contributed by atoms with E-state index in [-0.39, 0.29) is 11.7 Å². The van der Waals surface area contributed by atoms with Crippen LogP contribution in [0.25, 0.3) is 10.9 Å². The zero-order valence-electron chi connectivity index (χ0n) is 15.1. The van der Waals surface area contributed by atoms with Gasteiger partial charge in [-0.15, -0.1) is 0 Å². The molecule has 4 rings (SSSR count). The Balaban J connectivity index is 1.59. The number of nitrogens with zero attached hydrogens (tertiary/aromatic N) is 3. The first-order valence-corrected chi connectivity index (χ1v) is 9.38. The van der Waals surface area contributed by atoms with E-state index in [4.69, 9.17) is 4.74 Å². The van der Waals surface area contributed by atoms with E-state index in [0.717, 1.165) is 55.5 Å². The van der Waals surface area contributed by atoms with E-state index in [2.05, 4.69) is 46.9 Å². The average molecular weight is 341 g/mol. The fourth-order valence-corrected chi connectivity index (χ4v) is 4.15. The Morgan fingerprint density at radius 1 is 1.24 bits per heavy atom. The van der Waals surface area contributed by atoms with Crippen molar-refractivity contribution < 1.29 is 9.84 Å².